The summed E-state index contributed by atoms with van der Waals surface area (Å²) in [5.41, 5.74) is 6.57. The molecule has 0 aromatic carbocycles. The maximum Gasteiger partial charge on any atom is 0.326 e. The lowest BCUT2D eigenvalue weighted by molar-refractivity contribution is -0.148. The lowest BCUT2D eigenvalue weighted by Gasteiger charge is -2.28. The highest BCUT2D eigenvalue weighted by Gasteiger charge is 2.46. The summed E-state index contributed by atoms with van der Waals surface area (Å²) in [7, 11) is 1.41. The van der Waals surface area contributed by atoms with E-state index in [1.165, 1.54) is 7.11 Å². The Bertz CT molecular complexity index is 430. The van der Waals surface area contributed by atoms with Crippen molar-refractivity contribution in [3.05, 3.63) is 18.0 Å². The monoisotopic (exact) mass is 251 g/mol. The second kappa shape index (κ2) is 5.10. The molecule has 1 saturated carbocycles. The molecule has 1 heterocycles. The molecule has 2 atom stereocenters. The van der Waals surface area contributed by atoms with Crippen molar-refractivity contribution in [2.75, 3.05) is 7.11 Å². The van der Waals surface area contributed by atoms with Gasteiger partial charge in [-0.1, -0.05) is 6.42 Å². The molecule has 1 aromatic heterocycles. The number of hydrogen-bond donors (Lipinski definition) is 1. The van der Waals surface area contributed by atoms with Crippen LogP contribution in [0.15, 0.2) is 12.3 Å². The molecule has 5 heteroatoms. The zero-order valence-electron chi connectivity index (χ0n) is 11.1. The number of aryl methyl sites for hydroxylation is 2. The Morgan fingerprint density at radius 2 is 2.50 bits per heavy atom. The van der Waals surface area contributed by atoms with Crippen molar-refractivity contribution in [1.29, 1.82) is 0 Å². The quantitative estimate of drug-likeness (QED) is 0.818. The van der Waals surface area contributed by atoms with Crippen LogP contribution in [0.2, 0.25) is 0 Å². The number of methoxy groups -OCH3 is 1. The topological polar surface area (TPSA) is 70.1 Å². The first-order chi connectivity index (χ1) is 8.58. The van der Waals surface area contributed by atoms with Gasteiger partial charge in [-0.05, 0) is 38.2 Å². The normalized spacial score (nSPS) is 27.4. The molecule has 1 aromatic rings. The fourth-order valence-electron chi connectivity index (χ4n) is 2.87. The molecular formula is C13H21N3O2. The minimum Gasteiger partial charge on any atom is -0.468 e. The molecule has 0 bridgehead atoms. The minimum atomic E-state index is -0.796. The highest BCUT2D eigenvalue weighted by molar-refractivity contribution is 5.81. The van der Waals surface area contributed by atoms with Gasteiger partial charge in [0.25, 0.3) is 0 Å². The third-order valence-electron chi connectivity index (χ3n) is 4.06. The van der Waals surface area contributed by atoms with Crippen molar-refractivity contribution in [2.24, 2.45) is 11.7 Å². The first-order valence-electron chi connectivity index (χ1n) is 6.43. The van der Waals surface area contributed by atoms with Crippen LogP contribution in [-0.2, 0) is 16.1 Å². The second-order valence-corrected chi connectivity index (χ2v) is 5.11. The molecule has 18 heavy (non-hydrogen) atoms. The minimum absolute atomic E-state index is 0.188. The van der Waals surface area contributed by atoms with Crippen molar-refractivity contribution in [1.82, 2.24) is 9.78 Å². The van der Waals surface area contributed by atoms with Crippen molar-refractivity contribution in [2.45, 2.75) is 44.7 Å². The average Bonchev–Trinajstić information content (AvgIpc) is 2.93. The molecule has 0 saturated heterocycles. The van der Waals surface area contributed by atoms with E-state index < -0.39 is 5.54 Å². The number of rotatable bonds is 4. The van der Waals surface area contributed by atoms with Crippen LogP contribution in [0.5, 0.6) is 0 Å². The van der Waals surface area contributed by atoms with Crippen LogP contribution < -0.4 is 5.73 Å². The van der Waals surface area contributed by atoms with Gasteiger partial charge in [0.2, 0.25) is 0 Å². The predicted molar refractivity (Wildman–Crippen MR) is 67.9 cm³/mol. The summed E-state index contributed by atoms with van der Waals surface area (Å²) in [4.78, 5) is 11.8. The molecule has 1 fully saturated rings. The first kappa shape index (κ1) is 13.1. The maximum absolute atomic E-state index is 11.8. The summed E-state index contributed by atoms with van der Waals surface area (Å²) in [5.74, 6) is -0.0873. The van der Waals surface area contributed by atoms with Crippen molar-refractivity contribution in [3.8, 4) is 0 Å². The summed E-state index contributed by atoms with van der Waals surface area (Å²) in [6, 6.07) is 1.98. The zero-order valence-corrected chi connectivity index (χ0v) is 11.1. The Morgan fingerprint density at radius 3 is 3.11 bits per heavy atom. The summed E-state index contributed by atoms with van der Waals surface area (Å²) < 4.78 is 6.80. The molecule has 0 radical (unpaired) electrons. The maximum atomic E-state index is 11.8. The number of aromatic nitrogens is 2. The molecule has 0 amide bonds. The van der Waals surface area contributed by atoms with E-state index in [4.69, 9.17) is 10.5 Å². The van der Waals surface area contributed by atoms with E-state index in [-0.39, 0.29) is 11.9 Å². The van der Waals surface area contributed by atoms with Gasteiger partial charge in [-0.25, -0.2) is 0 Å². The third kappa shape index (κ3) is 2.27. The molecule has 2 N–H and O–H groups in total. The lowest BCUT2D eigenvalue weighted by atomic mass is 9.85. The van der Waals surface area contributed by atoms with E-state index in [2.05, 4.69) is 5.10 Å². The molecule has 0 spiro atoms. The van der Waals surface area contributed by atoms with Gasteiger partial charge in [-0.2, -0.15) is 5.10 Å². The van der Waals surface area contributed by atoms with Gasteiger partial charge in [0.15, 0.2) is 0 Å². The van der Waals surface area contributed by atoms with E-state index in [1.54, 1.807) is 6.20 Å². The Labute approximate surface area is 107 Å². The van der Waals surface area contributed by atoms with E-state index in [0.717, 1.165) is 37.9 Å². The van der Waals surface area contributed by atoms with Crippen molar-refractivity contribution >= 4 is 5.97 Å². The van der Waals surface area contributed by atoms with Crippen molar-refractivity contribution < 1.29 is 9.53 Å². The molecule has 2 rings (SSSR count). The number of carbonyl (C=O) groups is 1. The lowest BCUT2D eigenvalue weighted by Crippen LogP contribution is -2.51. The summed E-state index contributed by atoms with van der Waals surface area (Å²) in [6.45, 7) is 2.83. The number of hydrogen-bond acceptors (Lipinski definition) is 4. The van der Waals surface area contributed by atoms with Crippen LogP contribution in [-0.4, -0.2) is 28.4 Å². The highest BCUT2D eigenvalue weighted by atomic mass is 16.5. The van der Waals surface area contributed by atoms with Gasteiger partial charge >= 0.3 is 5.97 Å². The van der Waals surface area contributed by atoms with E-state index in [0.29, 0.717) is 0 Å². The van der Waals surface area contributed by atoms with Crippen molar-refractivity contribution in [3.63, 3.8) is 0 Å². The van der Waals surface area contributed by atoms with E-state index >= 15 is 0 Å². The first-order valence-corrected chi connectivity index (χ1v) is 6.43. The number of carbonyl (C=O) groups excluding carboxylic acids is 1. The Morgan fingerprint density at radius 1 is 1.72 bits per heavy atom. The van der Waals surface area contributed by atoms with Gasteiger partial charge in [0.1, 0.15) is 5.54 Å². The van der Waals surface area contributed by atoms with Gasteiger partial charge in [0.05, 0.1) is 7.11 Å². The average molecular weight is 251 g/mol. The second-order valence-electron chi connectivity index (χ2n) is 5.11. The fourth-order valence-corrected chi connectivity index (χ4v) is 2.87. The largest absolute Gasteiger partial charge is 0.468 e. The van der Waals surface area contributed by atoms with Crippen LogP contribution in [0.3, 0.4) is 0 Å². The predicted octanol–water partition coefficient (Wildman–Crippen LogP) is 1.25. The fraction of sp³-hybridized carbons (Fsp3) is 0.692. The van der Waals surface area contributed by atoms with Crippen LogP contribution in [0.4, 0.5) is 0 Å². The number of ether oxygens (including phenoxy) is 1. The van der Waals surface area contributed by atoms with Crippen LogP contribution in [0, 0.1) is 12.8 Å². The highest BCUT2D eigenvalue weighted by Crippen LogP contribution is 2.37. The SMILES string of the molecule is COC(=O)C1(N)CCCC1CCn1nccc1C. The van der Waals surface area contributed by atoms with Crippen LogP contribution in [0.25, 0.3) is 0 Å². The zero-order chi connectivity index (χ0) is 13.2. The Kier molecular flexibility index (Phi) is 3.71. The molecule has 100 valence electrons. The third-order valence-corrected chi connectivity index (χ3v) is 4.06. The Hall–Kier alpha value is -1.36. The number of nitrogens with two attached hydrogens (primary N) is 1. The van der Waals surface area contributed by atoms with Crippen LogP contribution >= 0.6 is 0 Å². The molecular weight excluding hydrogens is 230 g/mol. The molecule has 5 nitrogen and oxygen atoms in total. The summed E-state index contributed by atoms with van der Waals surface area (Å²) in [5, 5.41) is 4.25. The van der Waals surface area contributed by atoms with Gasteiger partial charge in [-0.15, -0.1) is 0 Å². The molecule has 1 aliphatic carbocycles. The smallest absolute Gasteiger partial charge is 0.326 e. The van der Waals surface area contributed by atoms with E-state index in [9.17, 15) is 4.79 Å². The number of esters is 1. The molecule has 2 unspecified atom stereocenters. The summed E-state index contributed by atoms with van der Waals surface area (Å²) >= 11 is 0. The summed E-state index contributed by atoms with van der Waals surface area (Å²) in [6.07, 6.45) is 5.37. The van der Waals surface area contributed by atoms with Gasteiger partial charge in [-0.3, -0.25) is 9.48 Å². The standard InChI is InChI=1S/C13H21N3O2/c1-10-5-8-15-16(10)9-6-11-4-3-7-13(11,14)12(17)18-2/h5,8,11H,3-4,6-7,9,14H2,1-2H3. The Balaban J connectivity index is 2.00. The van der Waals surface area contributed by atoms with E-state index in [1.807, 2.05) is 17.7 Å². The molecule has 1 aliphatic rings. The molecule has 0 aliphatic heterocycles. The van der Waals surface area contributed by atoms with Gasteiger partial charge < -0.3 is 10.5 Å². The van der Waals surface area contributed by atoms with Gasteiger partial charge in [0, 0.05) is 18.4 Å². The number of nitrogens with zero attached hydrogens (tertiary/aromatic N) is 2. The van der Waals surface area contributed by atoms with Crippen LogP contribution in [0.1, 0.15) is 31.4 Å².